The molecule has 1 aliphatic rings. The van der Waals surface area contributed by atoms with Gasteiger partial charge in [0.1, 0.15) is 0 Å². The second-order valence-corrected chi connectivity index (χ2v) is 5.94. The molecule has 5 nitrogen and oxygen atoms in total. The Kier molecular flexibility index (Phi) is 5.85. The predicted octanol–water partition coefficient (Wildman–Crippen LogP) is 1.82. The summed E-state index contributed by atoms with van der Waals surface area (Å²) < 4.78 is 0. The average Bonchev–Trinajstić information content (AvgIpc) is 2.47. The molecule has 2 rings (SSSR count). The molecule has 1 saturated heterocycles. The molecule has 1 heterocycles. The van der Waals surface area contributed by atoms with Gasteiger partial charge in [-0.3, -0.25) is 0 Å². The van der Waals surface area contributed by atoms with Crippen molar-refractivity contribution >= 4 is 17.4 Å². The molecule has 0 aliphatic carbocycles. The zero-order valence-corrected chi connectivity index (χ0v) is 12.8. The zero-order valence-electron chi connectivity index (χ0n) is 12.0. The van der Waals surface area contributed by atoms with E-state index in [1.54, 1.807) is 18.2 Å². The lowest BCUT2D eigenvalue weighted by atomic mass is 10.00. The molecule has 21 heavy (non-hydrogen) atoms. The molecule has 116 valence electrons. The van der Waals surface area contributed by atoms with Crippen molar-refractivity contribution < 1.29 is 10.3 Å². The number of oxime groups is 1. The molecule has 1 atom stereocenters. The van der Waals surface area contributed by atoms with Crippen molar-refractivity contribution in [1.82, 2.24) is 4.90 Å². The highest BCUT2D eigenvalue weighted by Crippen LogP contribution is 2.19. The fourth-order valence-electron chi connectivity index (χ4n) is 2.79. The van der Waals surface area contributed by atoms with Gasteiger partial charge in [0.15, 0.2) is 5.84 Å². The van der Waals surface area contributed by atoms with Crippen molar-refractivity contribution in [3.8, 4) is 0 Å². The fourth-order valence-corrected chi connectivity index (χ4v) is 2.99. The Balaban J connectivity index is 2.05. The number of benzene rings is 1. The first-order chi connectivity index (χ1) is 10.1. The summed E-state index contributed by atoms with van der Waals surface area (Å²) in [5, 5.41) is 22.7. The Bertz CT molecular complexity index is 502. The summed E-state index contributed by atoms with van der Waals surface area (Å²) in [6, 6.07) is 5.16. The highest BCUT2D eigenvalue weighted by atomic mass is 35.5. The van der Waals surface area contributed by atoms with Gasteiger partial charge in [-0.2, -0.15) is 0 Å². The summed E-state index contributed by atoms with van der Waals surface area (Å²) in [7, 11) is 0. The first-order valence-electron chi connectivity index (χ1n) is 7.27. The van der Waals surface area contributed by atoms with Crippen molar-refractivity contribution in [2.45, 2.75) is 31.8 Å². The van der Waals surface area contributed by atoms with Crippen molar-refractivity contribution in [3.63, 3.8) is 0 Å². The molecular formula is C15H22ClN3O2. The number of aliphatic hydroxyl groups is 1. The van der Waals surface area contributed by atoms with E-state index < -0.39 is 6.10 Å². The van der Waals surface area contributed by atoms with Crippen molar-refractivity contribution in [2.24, 2.45) is 10.9 Å². The number of halogens is 1. The third-order valence-electron chi connectivity index (χ3n) is 3.82. The molecule has 1 aliphatic heterocycles. The van der Waals surface area contributed by atoms with Gasteiger partial charge in [0.2, 0.25) is 0 Å². The van der Waals surface area contributed by atoms with Crippen molar-refractivity contribution in [3.05, 3.63) is 34.3 Å². The van der Waals surface area contributed by atoms with Crippen LogP contribution in [0.4, 0.5) is 0 Å². The van der Waals surface area contributed by atoms with E-state index in [4.69, 9.17) is 22.5 Å². The van der Waals surface area contributed by atoms with Crippen LogP contribution in [0.5, 0.6) is 0 Å². The van der Waals surface area contributed by atoms with E-state index in [-0.39, 0.29) is 5.84 Å². The van der Waals surface area contributed by atoms with Crippen LogP contribution in [0.1, 0.15) is 30.4 Å². The number of hydrogen-bond acceptors (Lipinski definition) is 4. The maximum absolute atomic E-state index is 10.3. The molecule has 6 heteroatoms. The number of rotatable bonds is 5. The lowest BCUT2D eigenvalue weighted by Crippen LogP contribution is -2.37. The Hall–Kier alpha value is -1.30. The minimum atomic E-state index is -0.494. The number of aliphatic hydroxyl groups excluding tert-OH is 1. The van der Waals surface area contributed by atoms with Gasteiger partial charge >= 0.3 is 0 Å². The molecule has 0 saturated carbocycles. The lowest BCUT2D eigenvalue weighted by molar-refractivity contribution is 0.101. The minimum Gasteiger partial charge on any atom is -0.409 e. The van der Waals surface area contributed by atoms with Crippen LogP contribution in [0.3, 0.4) is 0 Å². The quantitative estimate of drug-likeness (QED) is 0.335. The van der Waals surface area contributed by atoms with Crippen LogP contribution < -0.4 is 5.73 Å². The number of piperidine rings is 1. The van der Waals surface area contributed by atoms with Crippen LogP contribution in [-0.2, 0) is 6.42 Å². The van der Waals surface area contributed by atoms with Crippen LogP contribution in [0.15, 0.2) is 23.4 Å². The van der Waals surface area contributed by atoms with Gasteiger partial charge in [-0.15, -0.1) is 0 Å². The summed E-state index contributed by atoms with van der Waals surface area (Å²) in [5.41, 5.74) is 7.07. The number of hydrogen-bond donors (Lipinski definition) is 3. The standard InChI is InChI=1S/C15H22ClN3O2/c16-12-4-5-14(15(17)18-21)11(8-12)9-13(20)10-19-6-2-1-3-7-19/h4-5,8,13,20-21H,1-3,6-7,9-10H2,(H2,17,18). The van der Waals surface area contributed by atoms with Crippen LogP contribution in [0.25, 0.3) is 0 Å². The van der Waals surface area contributed by atoms with Gasteiger partial charge in [0.25, 0.3) is 0 Å². The molecule has 0 aromatic heterocycles. The molecule has 0 bridgehead atoms. The molecule has 1 fully saturated rings. The van der Waals surface area contributed by atoms with Crippen molar-refractivity contribution in [2.75, 3.05) is 19.6 Å². The third-order valence-corrected chi connectivity index (χ3v) is 4.06. The van der Waals surface area contributed by atoms with Gasteiger partial charge in [-0.25, -0.2) is 0 Å². The smallest absolute Gasteiger partial charge is 0.170 e. The Morgan fingerprint density at radius 2 is 2.05 bits per heavy atom. The van der Waals surface area contributed by atoms with Gasteiger partial charge in [0.05, 0.1) is 6.10 Å². The molecule has 1 unspecified atom stereocenters. The first-order valence-corrected chi connectivity index (χ1v) is 7.64. The summed E-state index contributed by atoms with van der Waals surface area (Å²) >= 11 is 6.00. The molecule has 4 N–H and O–H groups in total. The van der Waals surface area contributed by atoms with E-state index in [2.05, 4.69) is 10.1 Å². The summed E-state index contributed by atoms with van der Waals surface area (Å²) in [6.45, 7) is 2.72. The topological polar surface area (TPSA) is 82.1 Å². The highest BCUT2D eigenvalue weighted by Gasteiger charge is 2.17. The van der Waals surface area contributed by atoms with Crippen LogP contribution >= 0.6 is 11.6 Å². The Morgan fingerprint density at radius 1 is 1.33 bits per heavy atom. The van der Waals surface area contributed by atoms with Gasteiger partial charge in [-0.1, -0.05) is 23.2 Å². The summed E-state index contributed by atoms with van der Waals surface area (Å²) in [6.07, 6.45) is 3.60. The second-order valence-electron chi connectivity index (χ2n) is 5.51. The Morgan fingerprint density at radius 3 is 2.71 bits per heavy atom. The van der Waals surface area contributed by atoms with Gasteiger partial charge in [-0.05, 0) is 49.7 Å². The number of likely N-dealkylation sites (tertiary alicyclic amines) is 1. The molecule has 0 radical (unpaired) electrons. The number of amidine groups is 1. The molecule has 1 aromatic carbocycles. The summed E-state index contributed by atoms with van der Waals surface area (Å²) in [5.74, 6) is 0.0341. The normalized spacial score (nSPS) is 18.7. The number of β-amino-alcohol motifs (C(OH)–C–C–N with tert-alkyl or cyclic N) is 1. The third kappa shape index (κ3) is 4.59. The lowest BCUT2D eigenvalue weighted by Gasteiger charge is -2.28. The van der Waals surface area contributed by atoms with E-state index >= 15 is 0 Å². The van der Waals surface area contributed by atoms with Gasteiger partial charge < -0.3 is 20.9 Å². The number of nitrogens with two attached hydrogens (primary N) is 1. The first kappa shape index (κ1) is 16.1. The Labute approximate surface area is 130 Å². The maximum Gasteiger partial charge on any atom is 0.170 e. The van der Waals surface area contributed by atoms with E-state index in [0.29, 0.717) is 23.6 Å². The molecule has 0 amide bonds. The average molecular weight is 312 g/mol. The molecule has 1 aromatic rings. The zero-order chi connectivity index (χ0) is 15.2. The van der Waals surface area contributed by atoms with E-state index in [1.165, 1.54) is 19.3 Å². The maximum atomic E-state index is 10.3. The van der Waals surface area contributed by atoms with Crippen LogP contribution in [-0.4, -0.2) is 46.8 Å². The monoisotopic (exact) mass is 311 g/mol. The molecular weight excluding hydrogens is 290 g/mol. The SMILES string of the molecule is NC(=NO)c1ccc(Cl)cc1CC(O)CN1CCCCC1. The van der Waals surface area contributed by atoms with E-state index in [9.17, 15) is 5.11 Å². The van der Waals surface area contributed by atoms with Crippen LogP contribution in [0, 0.1) is 0 Å². The van der Waals surface area contributed by atoms with E-state index in [0.717, 1.165) is 18.7 Å². The van der Waals surface area contributed by atoms with E-state index in [1.807, 2.05) is 0 Å². The number of nitrogens with zero attached hydrogens (tertiary/aromatic N) is 2. The second kappa shape index (κ2) is 7.64. The minimum absolute atomic E-state index is 0.0341. The largest absolute Gasteiger partial charge is 0.409 e. The predicted molar refractivity (Wildman–Crippen MR) is 84.0 cm³/mol. The van der Waals surface area contributed by atoms with Gasteiger partial charge in [0, 0.05) is 23.6 Å². The van der Waals surface area contributed by atoms with Crippen molar-refractivity contribution in [1.29, 1.82) is 0 Å². The molecule has 0 spiro atoms. The fraction of sp³-hybridized carbons (Fsp3) is 0.533. The highest BCUT2D eigenvalue weighted by molar-refractivity contribution is 6.30. The summed E-state index contributed by atoms with van der Waals surface area (Å²) in [4.78, 5) is 2.28. The van der Waals surface area contributed by atoms with Crippen LogP contribution in [0.2, 0.25) is 5.02 Å².